The first kappa shape index (κ1) is 26.3. The van der Waals surface area contributed by atoms with Gasteiger partial charge in [-0.2, -0.15) is 0 Å². The van der Waals surface area contributed by atoms with E-state index < -0.39 is 29.4 Å². The van der Waals surface area contributed by atoms with Gasteiger partial charge in [0.2, 0.25) is 11.8 Å². The van der Waals surface area contributed by atoms with Crippen molar-refractivity contribution < 1.29 is 28.7 Å². The van der Waals surface area contributed by atoms with Crippen LogP contribution in [0.2, 0.25) is 0 Å². The van der Waals surface area contributed by atoms with Crippen molar-refractivity contribution in [2.75, 3.05) is 37.6 Å². The van der Waals surface area contributed by atoms with Gasteiger partial charge in [-0.05, 0) is 83.7 Å². The predicted octanol–water partition coefficient (Wildman–Crippen LogP) is 1.97. The summed E-state index contributed by atoms with van der Waals surface area (Å²) in [4.78, 5) is 68.0. The van der Waals surface area contributed by atoms with Crippen molar-refractivity contribution >= 4 is 35.3 Å². The Kier molecular flexibility index (Phi) is 7.02. The number of hydrogen-bond donors (Lipinski definition) is 1. The van der Waals surface area contributed by atoms with Crippen LogP contribution in [0.25, 0.3) is 0 Å². The van der Waals surface area contributed by atoms with E-state index in [1.165, 1.54) is 0 Å². The molecule has 3 saturated heterocycles. The summed E-state index contributed by atoms with van der Waals surface area (Å²) in [6.45, 7) is 10.1. The van der Waals surface area contributed by atoms with Crippen LogP contribution in [0.15, 0.2) is 18.2 Å². The molecule has 0 aliphatic carbocycles. The van der Waals surface area contributed by atoms with Crippen LogP contribution in [0.3, 0.4) is 0 Å². The highest BCUT2D eigenvalue weighted by atomic mass is 16.6. The Labute approximate surface area is 222 Å². The van der Waals surface area contributed by atoms with Gasteiger partial charge in [-0.25, -0.2) is 0 Å². The number of hydrogen-bond acceptors (Lipinski definition) is 8. The molecule has 4 amide bonds. The Bertz CT molecular complexity index is 1170. The summed E-state index contributed by atoms with van der Waals surface area (Å²) in [5, 5.41) is 2.23. The van der Waals surface area contributed by atoms with E-state index in [-0.39, 0.29) is 30.6 Å². The molecule has 5 rings (SSSR count). The zero-order valence-corrected chi connectivity index (χ0v) is 22.3. The number of piperidine rings is 2. The van der Waals surface area contributed by atoms with Crippen molar-refractivity contribution in [3.05, 3.63) is 29.3 Å². The van der Waals surface area contributed by atoms with Crippen molar-refractivity contribution in [1.29, 1.82) is 0 Å². The molecule has 38 heavy (non-hydrogen) atoms. The minimum absolute atomic E-state index is 0.0306. The summed E-state index contributed by atoms with van der Waals surface area (Å²) in [6.07, 6.45) is 2.90. The highest BCUT2D eigenvalue weighted by Crippen LogP contribution is 2.33. The van der Waals surface area contributed by atoms with Gasteiger partial charge in [-0.15, -0.1) is 0 Å². The van der Waals surface area contributed by atoms with Gasteiger partial charge in [0.25, 0.3) is 11.8 Å². The van der Waals surface area contributed by atoms with Crippen LogP contribution in [0.1, 0.15) is 73.6 Å². The van der Waals surface area contributed by atoms with Crippen LogP contribution in [-0.4, -0.2) is 83.8 Å². The summed E-state index contributed by atoms with van der Waals surface area (Å²) in [6, 6.07) is 4.34. The maximum atomic E-state index is 13.2. The maximum absolute atomic E-state index is 13.2. The number of rotatable bonds is 5. The molecule has 1 unspecified atom stereocenters. The Balaban J connectivity index is 1.17. The molecule has 4 aliphatic heterocycles. The molecule has 3 fully saturated rings. The first-order valence-electron chi connectivity index (χ1n) is 13.6. The molecular weight excluding hydrogens is 488 g/mol. The second-order valence-corrected chi connectivity index (χ2v) is 11.9. The van der Waals surface area contributed by atoms with Crippen molar-refractivity contribution in [3.63, 3.8) is 0 Å². The summed E-state index contributed by atoms with van der Waals surface area (Å²) in [5.41, 5.74) is 1.04. The molecule has 1 aromatic rings. The average Bonchev–Trinajstić information content (AvgIpc) is 3.41. The minimum Gasteiger partial charge on any atom is -0.460 e. The number of benzene rings is 1. The number of ether oxygens (including phenoxy) is 1. The molecule has 0 bridgehead atoms. The second kappa shape index (κ2) is 10.1. The highest BCUT2D eigenvalue weighted by Gasteiger charge is 2.45. The molecule has 0 aromatic heterocycles. The van der Waals surface area contributed by atoms with E-state index in [0.29, 0.717) is 17.0 Å². The summed E-state index contributed by atoms with van der Waals surface area (Å²) in [7, 11) is 0. The number of carbonyl (C=O) groups excluding carboxylic acids is 5. The smallest absolute Gasteiger partial charge is 0.309 e. The van der Waals surface area contributed by atoms with Gasteiger partial charge in [0.05, 0.1) is 17.0 Å². The van der Waals surface area contributed by atoms with Gasteiger partial charge in [0.15, 0.2) is 0 Å². The van der Waals surface area contributed by atoms with Gasteiger partial charge < -0.3 is 14.5 Å². The van der Waals surface area contributed by atoms with E-state index in [9.17, 15) is 24.0 Å². The first-order valence-corrected chi connectivity index (χ1v) is 13.6. The third-order valence-electron chi connectivity index (χ3n) is 7.92. The van der Waals surface area contributed by atoms with E-state index in [4.69, 9.17) is 4.74 Å². The van der Waals surface area contributed by atoms with Crippen molar-refractivity contribution in [2.45, 2.75) is 64.5 Å². The van der Waals surface area contributed by atoms with Crippen LogP contribution < -0.4 is 10.2 Å². The lowest BCUT2D eigenvalue weighted by atomic mass is 9.95. The molecule has 0 saturated carbocycles. The predicted molar refractivity (Wildman–Crippen MR) is 138 cm³/mol. The Morgan fingerprint density at radius 3 is 2.37 bits per heavy atom. The fourth-order valence-corrected chi connectivity index (χ4v) is 5.97. The Morgan fingerprint density at radius 1 is 0.974 bits per heavy atom. The number of nitrogens with one attached hydrogen (secondary N) is 1. The fourth-order valence-electron chi connectivity index (χ4n) is 5.97. The molecule has 10 heteroatoms. The molecule has 0 spiro atoms. The van der Waals surface area contributed by atoms with Gasteiger partial charge in [0.1, 0.15) is 11.6 Å². The number of esters is 1. The number of likely N-dealkylation sites (tertiary alicyclic amines) is 1. The lowest BCUT2D eigenvalue weighted by Gasteiger charge is -2.33. The molecule has 1 N–H and O–H groups in total. The lowest BCUT2D eigenvalue weighted by molar-refractivity contribution is -0.161. The third-order valence-corrected chi connectivity index (χ3v) is 7.92. The Morgan fingerprint density at radius 2 is 1.68 bits per heavy atom. The van der Waals surface area contributed by atoms with Gasteiger partial charge in [-0.3, -0.25) is 34.2 Å². The Hall–Kier alpha value is -3.27. The standard InChI is InChI=1S/C28H36N4O6/c1-28(2,3)38-27(37)18-9-11-30(12-10-18)15-17-8-13-31(16-17)19-4-5-20-21(14-19)26(36)32(25(20)35)22-6-7-23(33)29-24(22)34/h4-5,14,17-18,22H,6-13,15-16H2,1-3H3,(H,29,33,34)/t17-,22?/m1/s1. The van der Waals surface area contributed by atoms with E-state index in [0.717, 1.165) is 62.6 Å². The van der Waals surface area contributed by atoms with Gasteiger partial charge >= 0.3 is 5.97 Å². The zero-order valence-electron chi connectivity index (χ0n) is 22.3. The van der Waals surface area contributed by atoms with Crippen LogP contribution in [0.4, 0.5) is 5.69 Å². The maximum Gasteiger partial charge on any atom is 0.309 e. The molecule has 0 radical (unpaired) electrons. The molecule has 204 valence electrons. The number of imide groups is 2. The highest BCUT2D eigenvalue weighted by molar-refractivity contribution is 6.23. The molecule has 4 aliphatic rings. The van der Waals surface area contributed by atoms with Crippen LogP contribution >= 0.6 is 0 Å². The molecular formula is C28H36N4O6. The van der Waals surface area contributed by atoms with Crippen LogP contribution in [-0.2, 0) is 19.1 Å². The summed E-state index contributed by atoms with van der Waals surface area (Å²) < 4.78 is 5.56. The largest absolute Gasteiger partial charge is 0.460 e. The summed E-state index contributed by atoms with van der Waals surface area (Å²) in [5.74, 6) is -1.61. The van der Waals surface area contributed by atoms with E-state index in [1.807, 2.05) is 26.8 Å². The molecule has 4 heterocycles. The van der Waals surface area contributed by atoms with Gasteiger partial charge in [-0.1, -0.05) is 0 Å². The second-order valence-electron chi connectivity index (χ2n) is 11.9. The normalized spacial score (nSPS) is 25.1. The third kappa shape index (κ3) is 5.32. The van der Waals surface area contributed by atoms with Crippen molar-refractivity contribution in [1.82, 2.24) is 15.1 Å². The topological polar surface area (TPSA) is 116 Å². The number of carbonyl (C=O) groups is 5. The SMILES string of the molecule is CC(C)(C)OC(=O)C1CCN(C[C@H]2CCN(c3ccc4c(c3)C(=O)N(C3CCC(=O)NC3=O)C4=O)C2)CC1. The quantitative estimate of drug-likeness (QED) is 0.459. The van der Waals surface area contributed by atoms with Gasteiger partial charge in [0, 0.05) is 31.7 Å². The lowest BCUT2D eigenvalue weighted by Crippen LogP contribution is -2.54. The average molecular weight is 525 g/mol. The zero-order chi connectivity index (χ0) is 27.2. The van der Waals surface area contributed by atoms with E-state index in [2.05, 4.69) is 15.1 Å². The monoisotopic (exact) mass is 524 g/mol. The molecule has 10 nitrogen and oxygen atoms in total. The minimum atomic E-state index is -0.959. The number of nitrogens with zero attached hydrogens (tertiary/aromatic N) is 3. The van der Waals surface area contributed by atoms with Crippen molar-refractivity contribution in [2.24, 2.45) is 11.8 Å². The molecule has 2 atom stereocenters. The molecule has 1 aromatic carbocycles. The first-order chi connectivity index (χ1) is 18.0. The van der Waals surface area contributed by atoms with Crippen LogP contribution in [0.5, 0.6) is 0 Å². The van der Waals surface area contributed by atoms with Crippen LogP contribution in [0, 0.1) is 11.8 Å². The van der Waals surface area contributed by atoms with E-state index >= 15 is 0 Å². The fraction of sp³-hybridized carbons (Fsp3) is 0.607. The number of fused-ring (bicyclic) bond motifs is 1. The van der Waals surface area contributed by atoms with Crippen molar-refractivity contribution in [3.8, 4) is 0 Å². The summed E-state index contributed by atoms with van der Waals surface area (Å²) >= 11 is 0. The van der Waals surface area contributed by atoms with E-state index in [1.54, 1.807) is 12.1 Å². The number of anilines is 1. The number of amides is 4.